The zero-order valence-corrected chi connectivity index (χ0v) is 17.0. The third-order valence-corrected chi connectivity index (χ3v) is 6.40. The van der Waals surface area contributed by atoms with E-state index in [1.165, 1.54) is 12.5 Å². The van der Waals surface area contributed by atoms with Crippen molar-refractivity contribution in [1.29, 1.82) is 0 Å². The Kier molecular flexibility index (Phi) is 5.80. The molecule has 3 rings (SSSR count). The molecule has 0 N–H and O–H groups in total. The largest absolute Gasteiger partial charge is 0.458 e. The summed E-state index contributed by atoms with van der Waals surface area (Å²) in [5, 5.41) is 0. The predicted molar refractivity (Wildman–Crippen MR) is 102 cm³/mol. The Morgan fingerprint density at radius 2 is 2.15 bits per heavy atom. The summed E-state index contributed by atoms with van der Waals surface area (Å²) in [4.78, 5) is 24.0. The number of allylic oxidation sites excluding steroid dienone is 2. The molecule has 5 heteroatoms. The zero-order valence-electron chi connectivity index (χ0n) is 17.0. The molecule has 0 saturated carbocycles. The molecule has 150 valence electrons. The van der Waals surface area contributed by atoms with Gasteiger partial charge in [-0.3, -0.25) is 4.79 Å². The lowest BCUT2D eigenvalue weighted by molar-refractivity contribution is -0.165. The average Bonchev–Trinajstić information content (AvgIpc) is 3.14. The Labute approximate surface area is 162 Å². The van der Waals surface area contributed by atoms with Crippen LogP contribution >= 0.6 is 0 Å². The minimum atomic E-state index is -0.475. The lowest BCUT2D eigenvalue weighted by Crippen LogP contribution is -2.40. The standard InChI is InChI=1S/C22H32O5/c1-13-8-6-10-14(2)19(25-16(4)23)20-17(15(3)21(24)26-20)12-18-22(5,27-18)11-7-9-13/h9,14,17-20H,3,6-8,10-12H2,1-2,4-5H3/t14-,17-,18-,19+,20+,22+/m0/s1. The molecular formula is C22H32O5. The first-order valence-corrected chi connectivity index (χ1v) is 10.1. The van der Waals surface area contributed by atoms with Gasteiger partial charge in [-0.25, -0.2) is 4.79 Å². The summed E-state index contributed by atoms with van der Waals surface area (Å²) in [5.74, 6) is -0.791. The number of carbonyl (C=O) groups is 2. The fourth-order valence-electron chi connectivity index (χ4n) is 4.52. The van der Waals surface area contributed by atoms with Gasteiger partial charge in [-0.05, 0) is 58.3 Å². The lowest BCUT2D eigenvalue weighted by Gasteiger charge is -2.31. The summed E-state index contributed by atoms with van der Waals surface area (Å²) in [6.07, 6.45) is 7.08. The zero-order chi connectivity index (χ0) is 19.8. The van der Waals surface area contributed by atoms with Crippen LogP contribution in [0.2, 0.25) is 0 Å². The predicted octanol–water partition coefficient (Wildman–Crippen LogP) is 4.11. The molecule has 0 bridgehead atoms. The lowest BCUT2D eigenvalue weighted by atomic mass is 9.81. The van der Waals surface area contributed by atoms with Gasteiger partial charge in [-0.15, -0.1) is 0 Å². The summed E-state index contributed by atoms with van der Waals surface area (Å²) >= 11 is 0. The number of hydrogen-bond acceptors (Lipinski definition) is 5. The molecule has 0 unspecified atom stereocenters. The van der Waals surface area contributed by atoms with Crippen LogP contribution < -0.4 is 0 Å². The van der Waals surface area contributed by atoms with E-state index in [4.69, 9.17) is 14.2 Å². The van der Waals surface area contributed by atoms with Gasteiger partial charge in [-0.1, -0.05) is 25.2 Å². The smallest absolute Gasteiger partial charge is 0.334 e. The van der Waals surface area contributed by atoms with E-state index >= 15 is 0 Å². The second-order valence-electron chi connectivity index (χ2n) is 8.69. The summed E-state index contributed by atoms with van der Waals surface area (Å²) in [7, 11) is 0. The van der Waals surface area contributed by atoms with Gasteiger partial charge in [0, 0.05) is 18.4 Å². The third kappa shape index (κ3) is 4.45. The van der Waals surface area contributed by atoms with Gasteiger partial charge in [0.05, 0.1) is 11.7 Å². The van der Waals surface area contributed by atoms with Crippen LogP contribution in [0.5, 0.6) is 0 Å². The van der Waals surface area contributed by atoms with Crippen molar-refractivity contribution in [2.45, 2.75) is 90.1 Å². The topological polar surface area (TPSA) is 65.1 Å². The Morgan fingerprint density at radius 1 is 1.41 bits per heavy atom. The Balaban J connectivity index is 1.86. The number of rotatable bonds is 1. The molecule has 2 heterocycles. The molecule has 0 aromatic rings. The molecule has 5 nitrogen and oxygen atoms in total. The summed E-state index contributed by atoms with van der Waals surface area (Å²) in [6, 6.07) is 0. The maximum absolute atomic E-state index is 12.3. The maximum atomic E-state index is 12.3. The number of fused-ring (bicyclic) bond motifs is 2. The molecule has 2 fully saturated rings. The summed E-state index contributed by atoms with van der Waals surface area (Å²) < 4.78 is 17.3. The molecule has 0 aromatic carbocycles. The summed E-state index contributed by atoms with van der Waals surface area (Å²) in [5.41, 5.74) is 1.72. The van der Waals surface area contributed by atoms with Gasteiger partial charge >= 0.3 is 11.9 Å². The molecule has 0 spiro atoms. The average molecular weight is 376 g/mol. The van der Waals surface area contributed by atoms with E-state index in [1.807, 2.05) is 0 Å². The fraction of sp³-hybridized carbons (Fsp3) is 0.727. The maximum Gasteiger partial charge on any atom is 0.334 e. The van der Waals surface area contributed by atoms with E-state index in [1.54, 1.807) is 0 Å². The first-order valence-electron chi connectivity index (χ1n) is 10.1. The van der Waals surface area contributed by atoms with Crippen LogP contribution in [-0.4, -0.2) is 35.9 Å². The monoisotopic (exact) mass is 376 g/mol. The highest BCUT2D eigenvalue weighted by Gasteiger charge is 2.56. The number of ether oxygens (including phenoxy) is 3. The molecule has 3 aliphatic rings. The van der Waals surface area contributed by atoms with Crippen molar-refractivity contribution in [2.75, 3.05) is 0 Å². The fourth-order valence-corrected chi connectivity index (χ4v) is 4.52. The van der Waals surface area contributed by atoms with Gasteiger partial charge in [0.2, 0.25) is 0 Å². The Morgan fingerprint density at radius 3 is 2.85 bits per heavy atom. The first-order chi connectivity index (χ1) is 12.7. The molecule has 6 atom stereocenters. The van der Waals surface area contributed by atoms with Crippen molar-refractivity contribution in [2.24, 2.45) is 11.8 Å². The molecule has 27 heavy (non-hydrogen) atoms. The molecule has 0 radical (unpaired) electrons. The van der Waals surface area contributed by atoms with Crippen molar-refractivity contribution >= 4 is 11.9 Å². The van der Waals surface area contributed by atoms with E-state index in [9.17, 15) is 9.59 Å². The van der Waals surface area contributed by atoms with Gasteiger partial charge in [0.1, 0.15) is 12.2 Å². The first kappa shape index (κ1) is 20.1. The van der Waals surface area contributed by atoms with Crippen LogP contribution in [0.4, 0.5) is 0 Å². The molecule has 2 saturated heterocycles. The Bertz CT molecular complexity index is 651. The van der Waals surface area contributed by atoms with E-state index in [2.05, 4.69) is 33.4 Å². The highest BCUT2D eigenvalue weighted by Crippen LogP contribution is 2.48. The number of hydrogen-bond donors (Lipinski definition) is 0. The molecule has 0 amide bonds. The van der Waals surface area contributed by atoms with Crippen LogP contribution in [0.25, 0.3) is 0 Å². The number of carbonyl (C=O) groups excluding carboxylic acids is 2. The van der Waals surface area contributed by atoms with Crippen LogP contribution in [-0.2, 0) is 23.8 Å². The normalized spacial score (nSPS) is 40.1. The third-order valence-electron chi connectivity index (χ3n) is 6.40. The summed E-state index contributed by atoms with van der Waals surface area (Å²) in [6.45, 7) is 11.8. The van der Waals surface area contributed by atoms with E-state index in [0.717, 1.165) is 32.1 Å². The van der Waals surface area contributed by atoms with Gasteiger partial charge in [0.15, 0.2) is 0 Å². The van der Waals surface area contributed by atoms with Crippen molar-refractivity contribution in [1.82, 2.24) is 0 Å². The molecular weight excluding hydrogens is 344 g/mol. The van der Waals surface area contributed by atoms with E-state index < -0.39 is 12.2 Å². The second-order valence-corrected chi connectivity index (χ2v) is 8.69. The van der Waals surface area contributed by atoms with E-state index in [-0.39, 0.29) is 35.5 Å². The second kappa shape index (κ2) is 7.78. The van der Waals surface area contributed by atoms with Crippen molar-refractivity contribution in [3.05, 3.63) is 23.8 Å². The van der Waals surface area contributed by atoms with Gasteiger partial charge < -0.3 is 14.2 Å². The molecule has 1 aliphatic carbocycles. The number of esters is 2. The van der Waals surface area contributed by atoms with Crippen molar-refractivity contribution < 1.29 is 23.8 Å². The van der Waals surface area contributed by atoms with Crippen LogP contribution in [0.1, 0.15) is 66.2 Å². The van der Waals surface area contributed by atoms with Crippen LogP contribution in [0.15, 0.2) is 23.8 Å². The van der Waals surface area contributed by atoms with Crippen LogP contribution in [0.3, 0.4) is 0 Å². The van der Waals surface area contributed by atoms with Crippen molar-refractivity contribution in [3.8, 4) is 0 Å². The Hall–Kier alpha value is -1.62. The highest BCUT2D eigenvalue weighted by molar-refractivity contribution is 5.91. The minimum Gasteiger partial charge on any atom is -0.458 e. The van der Waals surface area contributed by atoms with Gasteiger partial charge in [0.25, 0.3) is 0 Å². The highest BCUT2D eigenvalue weighted by atomic mass is 16.6. The number of epoxide rings is 1. The quantitative estimate of drug-likeness (QED) is 0.298. The molecule has 0 aromatic heterocycles. The van der Waals surface area contributed by atoms with E-state index in [0.29, 0.717) is 12.0 Å². The minimum absolute atomic E-state index is 0.0844. The SMILES string of the molecule is C=C1C(=O)O[C@H]2[C@H](OC(C)=O)[C@@H](C)CCCC(C)=CCC[C@@]3(C)O[C@H]3C[C@@H]12. The van der Waals surface area contributed by atoms with Crippen LogP contribution in [0, 0.1) is 11.8 Å². The van der Waals surface area contributed by atoms with Crippen molar-refractivity contribution in [3.63, 3.8) is 0 Å². The molecule has 2 aliphatic heterocycles. The van der Waals surface area contributed by atoms with Gasteiger partial charge in [-0.2, -0.15) is 0 Å².